The Bertz CT molecular complexity index is 998. The SMILES string of the molecule is O=C1N=C(N2CCN(c3nsnc3Cl)CC2)S/C1=C/c1cccc(C(=O)O)c1. The van der Waals surface area contributed by atoms with E-state index in [1.54, 1.807) is 18.2 Å². The average Bonchev–Trinajstić information content (AvgIpc) is 3.28. The number of aliphatic imine (C=N–C) groups is 1. The molecule has 2 aliphatic rings. The van der Waals surface area contributed by atoms with E-state index in [1.807, 2.05) is 0 Å². The Labute approximate surface area is 173 Å². The Morgan fingerprint density at radius 1 is 1.18 bits per heavy atom. The number of carbonyl (C=O) groups excluding carboxylic acids is 1. The van der Waals surface area contributed by atoms with E-state index in [-0.39, 0.29) is 11.5 Å². The van der Waals surface area contributed by atoms with Crippen LogP contribution in [0.1, 0.15) is 15.9 Å². The molecule has 2 aromatic rings. The first kappa shape index (κ1) is 18.9. The second-order valence-electron chi connectivity index (χ2n) is 6.09. The molecule has 11 heteroatoms. The van der Waals surface area contributed by atoms with Crippen molar-refractivity contribution in [1.29, 1.82) is 0 Å². The zero-order valence-electron chi connectivity index (χ0n) is 14.4. The molecule has 0 spiro atoms. The minimum absolute atomic E-state index is 0.178. The summed E-state index contributed by atoms with van der Waals surface area (Å²) in [6, 6.07) is 6.46. The van der Waals surface area contributed by atoms with Gasteiger partial charge in [-0.2, -0.15) is 13.7 Å². The number of aromatic carboxylic acids is 1. The standard InChI is InChI=1S/C17H14ClN5O3S2/c18-13-14(21-28-20-13)22-4-6-23(7-5-22)17-19-15(24)12(27-17)9-10-2-1-3-11(8-10)16(25)26/h1-3,8-9H,4-7H2,(H,25,26)/b12-9+. The summed E-state index contributed by atoms with van der Waals surface area (Å²) < 4.78 is 8.21. The molecule has 0 atom stereocenters. The fraction of sp³-hybridized carbons (Fsp3) is 0.235. The highest BCUT2D eigenvalue weighted by Gasteiger charge is 2.29. The molecular formula is C17H14ClN5O3S2. The lowest BCUT2D eigenvalue weighted by Crippen LogP contribution is -2.48. The zero-order valence-corrected chi connectivity index (χ0v) is 16.8. The van der Waals surface area contributed by atoms with Gasteiger partial charge in [0.15, 0.2) is 16.1 Å². The van der Waals surface area contributed by atoms with E-state index >= 15 is 0 Å². The molecule has 28 heavy (non-hydrogen) atoms. The minimum Gasteiger partial charge on any atom is -0.478 e. The van der Waals surface area contributed by atoms with Crippen LogP contribution in [0.4, 0.5) is 5.82 Å². The van der Waals surface area contributed by atoms with Crippen molar-refractivity contribution in [2.45, 2.75) is 0 Å². The molecular weight excluding hydrogens is 422 g/mol. The Kier molecular flexibility index (Phi) is 5.33. The molecule has 0 aliphatic carbocycles. The van der Waals surface area contributed by atoms with Crippen molar-refractivity contribution in [3.63, 3.8) is 0 Å². The highest BCUT2D eigenvalue weighted by Crippen LogP contribution is 2.31. The van der Waals surface area contributed by atoms with E-state index in [0.29, 0.717) is 52.8 Å². The van der Waals surface area contributed by atoms with Gasteiger partial charge in [0.05, 0.1) is 22.2 Å². The minimum atomic E-state index is -1.00. The van der Waals surface area contributed by atoms with Crippen molar-refractivity contribution in [3.05, 3.63) is 45.5 Å². The summed E-state index contributed by atoms with van der Waals surface area (Å²) in [4.78, 5) is 32.2. The van der Waals surface area contributed by atoms with Gasteiger partial charge in [0.2, 0.25) is 0 Å². The molecule has 1 fully saturated rings. The average molecular weight is 436 g/mol. The Morgan fingerprint density at radius 3 is 2.61 bits per heavy atom. The first-order valence-electron chi connectivity index (χ1n) is 8.35. The summed E-state index contributed by atoms with van der Waals surface area (Å²) in [7, 11) is 0. The van der Waals surface area contributed by atoms with Gasteiger partial charge in [0.1, 0.15) is 0 Å². The topological polar surface area (TPSA) is 99.0 Å². The lowest BCUT2D eigenvalue weighted by atomic mass is 10.1. The molecule has 0 unspecified atom stereocenters. The molecule has 3 heterocycles. The third kappa shape index (κ3) is 3.89. The number of benzene rings is 1. The summed E-state index contributed by atoms with van der Waals surface area (Å²) >= 11 is 8.44. The van der Waals surface area contributed by atoms with Gasteiger partial charge < -0.3 is 14.9 Å². The van der Waals surface area contributed by atoms with E-state index in [2.05, 4.69) is 23.5 Å². The van der Waals surface area contributed by atoms with Crippen LogP contribution in [0.5, 0.6) is 0 Å². The number of carboxylic acid groups (broad SMARTS) is 1. The van der Waals surface area contributed by atoms with Crippen LogP contribution < -0.4 is 4.90 Å². The van der Waals surface area contributed by atoms with Crippen LogP contribution in [-0.4, -0.2) is 62.0 Å². The number of amides is 1. The first-order chi connectivity index (χ1) is 13.5. The van der Waals surface area contributed by atoms with Crippen molar-refractivity contribution in [1.82, 2.24) is 13.6 Å². The molecule has 0 saturated carbocycles. The van der Waals surface area contributed by atoms with Crippen LogP contribution in [0, 0.1) is 0 Å². The van der Waals surface area contributed by atoms with Crippen molar-refractivity contribution in [2.24, 2.45) is 4.99 Å². The van der Waals surface area contributed by atoms with Crippen LogP contribution >= 0.6 is 35.1 Å². The molecule has 1 N–H and O–H groups in total. The number of piperazine rings is 1. The zero-order chi connectivity index (χ0) is 19.7. The maximum absolute atomic E-state index is 12.3. The molecule has 4 rings (SSSR count). The molecule has 1 saturated heterocycles. The lowest BCUT2D eigenvalue weighted by Gasteiger charge is -2.35. The summed E-state index contributed by atoms with van der Waals surface area (Å²) in [5.74, 6) is -0.618. The number of hydrogen-bond acceptors (Lipinski definition) is 8. The third-order valence-corrected chi connectivity index (χ3v) is 6.24. The van der Waals surface area contributed by atoms with Crippen LogP contribution in [0.15, 0.2) is 34.2 Å². The van der Waals surface area contributed by atoms with Gasteiger partial charge >= 0.3 is 5.97 Å². The van der Waals surface area contributed by atoms with Gasteiger partial charge in [-0.25, -0.2) is 4.79 Å². The number of nitrogens with zero attached hydrogens (tertiary/aromatic N) is 5. The highest BCUT2D eigenvalue weighted by atomic mass is 35.5. The second-order valence-corrected chi connectivity index (χ2v) is 7.99. The quantitative estimate of drug-likeness (QED) is 0.734. The van der Waals surface area contributed by atoms with Gasteiger partial charge in [0, 0.05) is 26.2 Å². The van der Waals surface area contributed by atoms with E-state index in [1.165, 1.54) is 23.9 Å². The van der Waals surface area contributed by atoms with Gasteiger partial charge in [-0.3, -0.25) is 4.79 Å². The van der Waals surface area contributed by atoms with Crippen molar-refractivity contribution in [2.75, 3.05) is 31.1 Å². The number of thioether (sulfide) groups is 1. The number of rotatable bonds is 3. The number of aromatic nitrogens is 2. The summed E-state index contributed by atoms with van der Waals surface area (Å²) in [6.45, 7) is 2.79. The van der Waals surface area contributed by atoms with Crippen molar-refractivity contribution in [3.8, 4) is 0 Å². The first-order valence-corrected chi connectivity index (χ1v) is 10.3. The fourth-order valence-electron chi connectivity index (χ4n) is 2.92. The lowest BCUT2D eigenvalue weighted by molar-refractivity contribution is -0.113. The van der Waals surface area contributed by atoms with Gasteiger partial charge in [-0.15, -0.1) is 0 Å². The Hall–Kier alpha value is -2.43. The van der Waals surface area contributed by atoms with Crippen LogP contribution in [0.2, 0.25) is 5.15 Å². The van der Waals surface area contributed by atoms with Crippen LogP contribution in [-0.2, 0) is 4.79 Å². The molecule has 1 aromatic carbocycles. The van der Waals surface area contributed by atoms with Gasteiger partial charge in [0.25, 0.3) is 5.91 Å². The van der Waals surface area contributed by atoms with Crippen molar-refractivity contribution >= 4 is 64.0 Å². The number of hydrogen-bond donors (Lipinski definition) is 1. The molecule has 2 aliphatic heterocycles. The number of anilines is 1. The predicted octanol–water partition coefficient (Wildman–Crippen LogP) is 2.68. The summed E-state index contributed by atoms with van der Waals surface area (Å²) in [5.41, 5.74) is 0.833. The van der Waals surface area contributed by atoms with E-state index in [9.17, 15) is 9.59 Å². The smallest absolute Gasteiger partial charge is 0.335 e. The Balaban J connectivity index is 1.42. The largest absolute Gasteiger partial charge is 0.478 e. The predicted molar refractivity (Wildman–Crippen MR) is 110 cm³/mol. The van der Waals surface area contributed by atoms with Crippen LogP contribution in [0.3, 0.4) is 0 Å². The maximum atomic E-state index is 12.3. The van der Waals surface area contributed by atoms with E-state index in [0.717, 1.165) is 11.7 Å². The normalized spacial score (nSPS) is 18.7. The second kappa shape index (κ2) is 7.90. The third-order valence-electron chi connectivity index (χ3n) is 4.32. The molecule has 1 aromatic heterocycles. The Morgan fingerprint density at radius 2 is 1.93 bits per heavy atom. The van der Waals surface area contributed by atoms with E-state index in [4.69, 9.17) is 16.7 Å². The number of carboxylic acids is 1. The molecule has 1 amide bonds. The fourth-order valence-corrected chi connectivity index (χ4v) is 4.66. The van der Waals surface area contributed by atoms with Gasteiger partial charge in [-0.05, 0) is 35.5 Å². The maximum Gasteiger partial charge on any atom is 0.335 e. The van der Waals surface area contributed by atoms with Crippen molar-refractivity contribution < 1.29 is 14.7 Å². The monoisotopic (exact) mass is 435 g/mol. The van der Waals surface area contributed by atoms with E-state index < -0.39 is 5.97 Å². The highest BCUT2D eigenvalue weighted by molar-refractivity contribution is 8.18. The molecule has 144 valence electrons. The number of carbonyl (C=O) groups is 2. The van der Waals surface area contributed by atoms with Crippen LogP contribution in [0.25, 0.3) is 6.08 Å². The molecule has 0 bridgehead atoms. The summed E-state index contributed by atoms with van der Waals surface area (Å²) in [6.07, 6.45) is 1.67. The molecule has 0 radical (unpaired) electrons. The molecule has 8 nitrogen and oxygen atoms in total. The number of halogens is 1. The summed E-state index contributed by atoms with van der Waals surface area (Å²) in [5, 5.41) is 10.2. The van der Waals surface area contributed by atoms with Gasteiger partial charge in [-0.1, -0.05) is 23.7 Å². The number of amidine groups is 1.